The number of nitrogens with zero attached hydrogens (tertiary/aromatic N) is 5. The fraction of sp³-hybridized carbons (Fsp3) is 0.556. The number of amides is 1. The first-order valence-corrected chi connectivity index (χ1v) is 9.91. The molecular weight excluding hydrogens is 449 g/mol. The maximum absolute atomic E-state index is 13.5. The molecule has 2 aliphatic rings. The van der Waals surface area contributed by atoms with Gasteiger partial charge in [-0.05, 0) is 18.9 Å². The summed E-state index contributed by atoms with van der Waals surface area (Å²) < 4.78 is 68.3. The van der Waals surface area contributed by atoms with Gasteiger partial charge in [0.05, 0.1) is 29.4 Å². The number of fused-ring (bicyclic) bond motifs is 1. The van der Waals surface area contributed by atoms with E-state index in [-0.39, 0.29) is 24.5 Å². The van der Waals surface area contributed by atoms with E-state index < -0.39 is 59.8 Å². The molecular formula is C18H17ClF5N5O2. The predicted molar refractivity (Wildman–Crippen MR) is 98.0 cm³/mol. The van der Waals surface area contributed by atoms with Crippen molar-refractivity contribution < 1.29 is 26.7 Å². The number of likely N-dealkylation sites (tertiary alicyclic amines) is 1. The Labute approximate surface area is 177 Å². The SMILES string of the molecule is O=C([C@@H]1CCCc2nn(Cc3nccc(C(F)(F)F)c3Cl)c(=O)n21)N1CCC(F)(F)C1. The molecule has 168 valence electrons. The summed E-state index contributed by atoms with van der Waals surface area (Å²) in [7, 11) is 0. The molecule has 2 aromatic rings. The van der Waals surface area contributed by atoms with Gasteiger partial charge in [-0.2, -0.15) is 18.3 Å². The molecule has 1 atom stereocenters. The first-order chi connectivity index (χ1) is 14.5. The number of carbonyl (C=O) groups is 1. The van der Waals surface area contributed by atoms with Gasteiger partial charge in [0.15, 0.2) is 0 Å². The molecule has 13 heteroatoms. The molecule has 0 radical (unpaired) electrons. The summed E-state index contributed by atoms with van der Waals surface area (Å²) in [5.41, 5.74) is -2.01. The first kappa shape index (κ1) is 21.7. The van der Waals surface area contributed by atoms with Crippen LogP contribution in [0.2, 0.25) is 5.02 Å². The first-order valence-electron chi connectivity index (χ1n) is 9.53. The number of hydrogen-bond acceptors (Lipinski definition) is 4. The van der Waals surface area contributed by atoms with E-state index in [1.54, 1.807) is 0 Å². The van der Waals surface area contributed by atoms with Gasteiger partial charge < -0.3 is 4.90 Å². The lowest BCUT2D eigenvalue weighted by Gasteiger charge is -2.27. The Bertz CT molecular complexity index is 1080. The van der Waals surface area contributed by atoms with Gasteiger partial charge in [-0.15, -0.1) is 0 Å². The highest BCUT2D eigenvalue weighted by Gasteiger charge is 2.43. The molecule has 0 N–H and O–H groups in total. The second-order valence-electron chi connectivity index (χ2n) is 7.62. The van der Waals surface area contributed by atoms with Crippen LogP contribution in [0.4, 0.5) is 22.0 Å². The van der Waals surface area contributed by atoms with E-state index in [1.807, 2.05) is 0 Å². The van der Waals surface area contributed by atoms with Crippen molar-refractivity contribution in [1.82, 2.24) is 24.2 Å². The lowest BCUT2D eigenvalue weighted by Crippen LogP contribution is -2.42. The monoisotopic (exact) mass is 465 g/mol. The number of pyridine rings is 1. The van der Waals surface area contributed by atoms with Crippen molar-refractivity contribution in [3.63, 3.8) is 0 Å². The van der Waals surface area contributed by atoms with Crippen molar-refractivity contribution in [3.8, 4) is 0 Å². The van der Waals surface area contributed by atoms with Crippen LogP contribution in [-0.4, -0.2) is 49.2 Å². The Hall–Kier alpha value is -2.50. The standard InChI is InChI=1S/C18H17ClF5N5O2/c19-14-10(18(22,23)24)4-6-25-11(14)8-28-16(31)29-12(2-1-3-13(29)26-28)15(30)27-7-5-17(20,21)9-27/h4,6,12H,1-3,5,7-9H2/t12-/m0/s1. The molecule has 0 saturated carbocycles. The zero-order chi connectivity index (χ0) is 22.6. The number of alkyl halides is 5. The minimum absolute atomic E-state index is 0.107. The fourth-order valence-electron chi connectivity index (χ4n) is 3.96. The van der Waals surface area contributed by atoms with Crippen LogP contribution in [0.5, 0.6) is 0 Å². The Balaban J connectivity index is 1.64. The summed E-state index contributed by atoms with van der Waals surface area (Å²) >= 11 is 5.85. The van der Waals surface area contributed by atoms with Gasteiger partial charge in [0.2, 0.25) is 5.91 Å². The molecule has 0 aliphatic carbocycles. The lowest BCUT2D eigenvalue weighted by atomic mass is 10.0. The van der Waals surface area contributed by atoms with E-state index in [0.717, 1.165) is 26.4 Å². The third-order valence-corrected chi connectivity index (χ3v) is 5.89. The van der Waals surface area contributed by atoms with Gasteiger partial charge >= 0.3 is 11.9 Å². The second-order valence-corrected chi connectivity index (χ2v) is 8.00. The summed E-state index contributed by atoms with van der Waals surface area (Å²) in [4.78, 5) is 30.6. The van der Waals surface area contributed by atoms with E-state index in [1.165, 1.54) is 0 Å². The molecule has 4 rings (SSSR count). The van der Waals surface area contributed by atoms with Crippen LogP contribution in [0.25, 0.3) is 0 Å². The molecule has 0 spiro atoms. The summed E-state index contributed by atoms with van der Waals surface area (Å²) in [5, 5.41) is 3.50. The third kappa shape index (κ3) is 4.04. The zero-order valence-corrected chi connectivity index (χ0v) is 16.8. The van der Waals surface area contributed by atoms with Gasteiger partial charge in [-0.25, -0.2) is 18.3 Å². The second kappa shape index (κ2) is 7.57. The lowest BCUT2D eigenvalue weighted by molar-refractivity contribution is -0.137. The van der Waals surface area contributed by atoms with Crippen LogP contribution in [-0.2, 0) is 23.9 Å². The number of halogens is 6. The molecule has 0 aromatic carbocycles. The highest BCUT2D eigenvalue weighted by atomic mass is 35.5. The maximum Gasteiger partial charge on any atom is 0.417 e. The third-order valence-electron chi connectivity index (χ3n) is 5.46. The normalized spacial score (nSPS) is 20.7. The van der Waals surface area contributed by atoms with Crippen molar-refractivity contribution in [1.29, 1.82) is 0 Å². The van der Waals surface area contributed by atoms with E-state index in [9.17, 15) is 31.5 Å². The summed E-state index contributed by atoms with van der Waals surface area (Å²) in [6.45, 7) is -1.24. The predicted octanol–water partition coefficient (Wildman–Crippen LogP) is 2.91. The number of rotatable bonds is 3. The molecule has 31 heavy (non-hydrogen) atoms. The topological polar surface area (TPSA) is 73.0 Å². The van der Waals surface area contributed by atoms with Gasteiger partial charge in [0, 0.05) is 25.6 Å². The van der Waals surface area contributed by atoms with Crippen LogP contribution in [0.3, 0.4) is 0 Å². The Morgan fingerprint density at radius 2 is 2.06 bits per heavy atom. The fourth-order valence-corrected chi connectivity index (χ4v) is 4.24. The highest BCUT2D eigenvalue weighted by molar-refractivity contribution is 6.32. The van der Waals surface area contributed by atoms with Crippen LogP contribution in [0, 0.1) is 0 Å². The smallest absolute Gasteiger partial charge is 0.335 e. The minimum Gasteiger partial charge on any atom is -0.335 e. The number of hydrogen-bond donors (Lipinski definition) is 0. The van der Waals surface area contributed by atoms with Crippen molar-refractivity contribution in [2.24, 2.45) is 0 Å². The molecule has 2 aromatic heterocycles. The van der Waals surface area contributed by atoms with Crippen LogP contribution >= 0.6 is 11.6 Å². The maximum atomic E-state index is 13.5. The minimum atomic E-state index is -4.69. The molecule has 4 heterocycles. The van der Waals surface area contributed by atoms with E-state index in [0.29, 0.717) is 12.8 Å². The van der Waals surface area contributed by atoms with Crippen LogP contribution in [0.1, 0.15) is 42.4 Å². The number of carbonyl (C=O) groups excluding carboxylic acids is 1. The Morgan fingerprint density at radius 1 is 1.32 bits per heavy atom. The molecule has 2 aliphatic heterocycles. The molecule has 0 bridgehead atoms. The average molecular weight is 466 g/mol. The Kier molecular flexibility index (Phi) is 5.31. The highest BCUT2D eigenvalue weighted by Crippen LogP contribution is 2.36. The summed E-state index contributed by atoms with van der Waals surface area (Å²) in [5.74, 6) is -3.28. The van der Waals surface area contributed by atoms with Crippen LogP contribution < -0.4 is 5.69 Å². The van der Waals surface area contributed by atoms with Crippen molar-refractivity contribution in [2.75, 3.05) is 13.1 Å². The Morgan fingerprint density at radius 3 is 2.71 bits per heavy atom. The molecule has 1 saturated heterocycles. The van der Waals surface area contributed by atoms with E-state index in [2.05, 4.69) is 10.1 Å². The van der Waals surface area contributed by atoms with Crippen molar-refractivity contribution >= 4 is 17.5 Å². The number of aryl methyl sites for hydroxylation is 1. The van der Waals surface area contributed by atoms with Gasteiger partial charge in [0.25, 0.3) is 5.92 Å². The van der Waals surface area contributed by atoms with Crippen molar-refractivity contribution in [2.45, 2.75) is 50.4 Å². The van der Waals surface area contributed by atoms with Crippen LogP contribution in [0.15, 0.2) is 17.1 Å². The quantitative estimate of drug-likeness (QED) is 0.653. The molecule has 7 nitrogen and oxygen atoms in total. The van der Waals surface area contributed by atoms with E-state index in [4.69, 9.17) is 11.6 Å². The molecule has 1 amide bonds. The summed E-state index contributed by atoms with van der Waals surface area (Å²) in [6, 6.07) is -0.253. The average Bonchev–Trinajstić information content (AvgIpc) is 3.21. The van der Waals surface area contributed by atoms with Gasteiger partial charge in [0.1, 0.15) is 11.9 Å². The van der Waals surface area contributed by atoms with Gasteiger partial charge in [-0.3, -0.25) is 14.3 Å². The largest absolute Gasteiger partial charge is 0.417 e. The number of aromatic nitrogens is 4. The zero-order valence-electron chi connectivity index (χ0n) is 16.0. The molecule has 0 unspecified atom stereocenters. The van der Waals surface area contributed by atoms with E-state index >= 15 is 0 Å². The summed E-state index contributed by atoms with van der Waals surface area (Å²) in [6.07, 6.45) is -3.03. The molecule has 1 fully saturated rings. The van der Waals surface area contributed by atoms with Gasteiger partial charge in [-0.1, -0.05) is 11.6 Å². The van der Waals surface area contributed by atoms with Crippen molar-refractivity contribution in [3.05, 3.63) is 44.9 Å².